The molecule has 2 heterocycles. The monoisotopic (exact) mass is 366 g/mol. The van der Waals surface area contributed by atoms with Crippen LogP contribution in [0.15, 0.2) is 53.2 Å². The van der Waals surface area contributed by atoms with Crippen LogP contribution in [0.3, 0.4) is 0 Å². The van der Waals surface area contributed by atoms with E-state index in [1.165, 1.54) is 12.7 Å². The molecule has 1 amide bonds. The van der Waals surface area contributed by atoms with E-state index < -0.39 is 0 Å². The van der Waals surface area contributed by atoms with Gasteiger partial charge in [0.05, 0.1) is 7.11 Å². The Morgan fingerprint density at radius 3 is 2.70 bits per heavy atom. The minimum Gasteiger partial charge on any atom is -0.481 e. The van der Waals surface area contributed by atoms with Crippen LogP contribution in [0.5, 0.6) is 5.88 Å². The van der Waals surface area contributed by atoms with Crippen molar-refractivity contribution in [2.75, 3.05) is 19.4 Å². The number of carbonyl (C=O) groups is 1. The van der Waals surface area contributed by atoms with Crippen LogP contribution in [0.25, 0.3) is 11.3 Å². The molecule has 0 unspecified atom stereocenters. The Bertz CT molecular complexity index is 876. The van der Waals surface area contributed by atoms with E-state index in [1.54, 1.807) is 18.3 Å². The van der Waals surface area contributed by atoms with Crippen LogP contribution in [-0.4, -0.2) is 29.7 Å². The summed E-state index contributed by atoms with van der Waals surface area (Å²) >= 11 is 0. The number of nitrogens with two attached hydrogens (primary N) is 1. The Morgan fingerprint density at radius 2 is 2.00 bits per heavy atom. The molecule has 7 heteroatoms. The third kappa shape index (κ3) is 4.63. The number of aryl methyl sites for hydroxylation is 1. The summed E-state index contributed by atoms with van der Waals surface area (Å²) in [6.45, 7) is 0.552. The van der Waals surface area contributed by atoms with E-state index in [9.17, 15) is 4.79 Å². The van der Waals surface area contributed by atoms with Crippen molar-refractivity contribution in [1.29, 1.82) is 0 Å². The molecular formula is C20H22N4O3. The average molecular weight is 366 g/mol. The summed E-state index contributed by atoms with van der Waals surface area (Å²) in [6, 6.07) is 13.7. The Hall–Kier alpha value is -3.35. The van der Waals surface area contributed by atoms with Crippen molar-refractivity contribution in [3.8, 4) is 17.1 Å². The van der Waals surface area contributed by atoms with E-state index in [0.717, 1.165) is 19.3 Å². The average Bonchev–Trinajstić information content (AvgIpc) is 3.10. The highest BCUT2D eigenvalue weighted by Crippen LogP contribution is 2.27. The van der Waals surface area contributed by atoms with Crippen LogP contribution in [0.2, 0.25) is 0 Å². The van der Waals surface area contributed by atoms with Crippen LogP contribution in [-0.2, 0) is 6.42 Å². The fourth-order valence-corrected chi connectivity index (χ4v) is 2.75. The number of anilines is 1. The summed E-state index contributed by atoms with van der Waals surface area (Å²) in [6.07, 6.45) is 4.39. The highest BCUT2D eigenvalue weighted by atomic mass is 16.5. The number of methoxy groups -OCH3 is 1. The van der Waals surface area contributed by atoms with Crippen molar-refractivity contribution < 1.29 is 14.1 Å². The molecule has 3 N–H and O–H groups in total. The van der Waals surface area contributed by atoms with Crippen LogP contribution < -0.4 is 15.8 Å². The van der Waals surface area contributed by atoms with Gasteiger partial charge in [-0.1, -0.05) is 35.5 Å². The topological polar surface area (TPSA) is 103 Å². The van der Waals surface area contributed by atoms with Crippen LogP contribution >= 0.6 is 0 Å². The maximum atomic E-state index is 12.5. The number of nitrogens with one attached hydrogen (secondary N) is 1. The maximum absolute atomic E-state index is 12.5. The first-order valence-corrected chi connectivity index (χ1v) is 8.76. The van der Waals surface area contributed by atoms with E-state index >= 15 is 0 Å². The number of hydrogen-bond acceptors (Lipinski definition) is 6. The molecular weight excluding hydrogens is 344 g/mol. The Balaban J connectivity index is 1.57. The smallest absolute Gasteiger partial charge is 0.259 e. The van der Waals surface area contributed by atoms with Gasteiger partial charge in [-0.15, -0.1) is 0 Å². The third-order valence-corrected chi connectivity index (χ3v) is 4.19. The predicted molar refractivity (Wildman–Crippen MR) is 102 cm³/mol. The van der Waals surface area contributed by atoms with E-state index in [-0.39, 0.29) is 17.4 Å². The molecule has 1 aromatic carbocycles. The molecule has 140 valence electrons. The van der Waals surface area contributed by atoms with Crippen molar-refractivity contribution in [3.63, 3.8) is 0 Å². The van der Waals surface area contributed by atoms with Crippen molar-refractivity contribution in [3.05, 3.63) is 59.8 Å². The van der Waals surface area contributed by atoms with Crippen LogP contribution in [0.1, 0.15) is 28.8 Å². The zero-order valence-electron chi connectivity index (χ0n) is 15.1. The second-order valence-electron chi connectivity index (χ2n) is 6.06. The van der Waals surface area contributed by atoms with Crippen LogP contribution in [0.4, 0.5) is 5.88 Å². The lowest BCUT2D eigenvalue weighted by molar-refractivity contribution is 0.0954. The fraction of sp³-hybridized carbons (Fsp3) is 0.250. The third-order valence-electron chi connectivity index (χ3n) is 4.19. The first-order chi connectivity index (χ1) is 13.2. The number of nitrogen functional groups attached to an aromatic ring is 1. The number of aromatic nitrogens is 2. The van der Waals surface area contributed by atoms with Gasteiger partial charge in [-0.2, -0.15) is 0 Å². The molecule has 0 radical (unpaired) electrons. The predicted octanol–water partition coefficient (Wildman–Crippen LogP) is 3.08. The van der Waals surface area contributed by atoms with Gasteiger partial charge in [-0.25, -0.2) is 4.98 Å². The van der Waals surface area contributed by atoms with Gasteiger partial charge in [0.1, 0.15) is 11.3 Å². The second kappa shape index (κ2) is 8.84. The Kier molecular flexibility index (Phi) is 6.04. The maximum Gasteiger partial charge on any atom is 0.259 e. The minimum atomic E-state index is -0.306. The van der Waals surface area contributed by atoms with Crippen LogP contribution in [0, 0.1) is 0 Å². The molecule has 0 atom stereocenters. The molecule has 0 fully saturated rings. The molecule has 0 saturated heterocycles. The van der Waals surface area contributed by atoms with E-state index in [1.807, 2.05) is 18.2 Å². The molecule has 0 bridgehead atoms. The van der Waals surface area contributed by atoms with Gasteiger partial charge >= 0.3 is 0 Å². The van der Waals surface area contributed by atoms with E-state index in [2.05, 4.69) is 27.6 Å². The molecule has 27 heavy (non-hydrogen) atoms. The molecule has 0 spiro atoms. The van der Waals surface area contributed by atoms with Gasteiger partial charge in [0.15, 0.2) is 0 Å². The summed E-state index contributed by atoms with van der Waals surface area (Å²) in [4.78, 5) is 16.7. The number of ether oxygens (including phenoxy) is 1. The lowest BCUT2D eigenvalue weighted by Gasteiger charge is -2.06. The standard InChI is InChI=1S/C20H22N4O3/c1-26-16-11-10-15(13-23-16)18-17(19(21)27-24-18)20(25)22-12-6-5-9-14-7-3-2-4-8-14/h2-4,7-8,10-11,13H,5-6,9,12,21H2,1H3,(H,22,25). The molecule has 2 aromatic heterocycles. The summed E-state index contributed by atoms with van der Waals surface area (Å²) in [5.74, 6) is 0.154. The highest BCUT2D eigenvalue weighted by molar-refractivity contribution is 6.03. The first kappa shape index (κ1) is 18.4. The van der Waals surface area contributed by atoms with Crippen molar-refractivity contribution in [2.45, 2.75) is 19.3 Å². The zero-order chi connectivity index (χ0) is 19.1. The molecule has 7 nitrogen and oxygen atoms in total. The zero-order valence-corrected chi connectivity index (χ0v) is 15.1. The van der Waals surface area contributed by atoms with E-state index in [4.69, 9.17) is 15.0 Å². The number of carbonyl (C=O) groups excluding carboxylic acids is 1. The van der Waals surface area contributed by atoms with Gasteiger partial charge in [0.25, 0.3) is 5.91 Å². The summed E-state index contributed by atoms with van der Waals surface area (Å²) in [7, 11) is 1.53. The number of unbranched alkanes of at least 4 members (excludes halogenated alkanes) is 1. The van der Waals surface area contributed by atoms with Gasteiger partial charge in [-0.3, -0.25) is 4.79 Å². The van der Waals surface area contributed by atoms with Crippen molar-refractivity contribution in [1.82, 2.24) is 15.5 Å². The number of benzene rings is 1. The lowest BCUT2D eigenvalue weighted by atomic mass is 10.1. The summed E-state index contributed by atoms with van der Waals surface area (Å²) < 4.78 is 10.1. The van der Waals surface area contributed by atoms with E-state index in [0.29, 0.717) is 23.7 Å². The summed E-state index contributed by atoms with van der Waals surface area (Å²) in [5.41, 5.74) is 8.32. The number of hydrogen-bond donors (Lipinski definition) is 2. The van der Waals surface area contributed by atoms with Crippen molar-refractivity contribution >= 4 is 11.8 Å². The quantitative estimate of drug-likeness (QED) is 0.594. The number of amides is 1. The minimum absolute atomic E-state index is 0.0115. The molecule has 0 saturated carbocycles. The molecule has 3 aromatic rings. The highest BCUT2D eigenvalue weighted by Gasteiger charge is 2.22. The van der Waals surface area contributed by atoms with Crippen molar-refractivity contribution in [2.24, 2.45) is 0 Å². The number of nitrogens with zero attached hydrogens (tertiary/aromatic N) is 2. The Morgan fingerprint density at radius 1 is 1.19 bits per heavy atom. The molecule has 3 rings (SSSR count). The van der Waals surface area contributed by atoms with Gasteiger partial charge in [-0.05, 0) is 30.9 Å². The SMILES string of the molecule is COc1ccc(-c2noc(N)c2C(=O)NCCCCc2ccccc2)cn1. The molecule has 0 aliphatic carbocycles. The number of pyridine rings is 1. The lowest BCUT2D eigenvalue weighted by Crippen LogP contribution is -2.25. The Labute approximate surface area is 157 Å². The molecule has 0 aliphatic rings. The normalized spacial score (nSPS) is 10.6. The van der Waals surface area contributed by atoms with Gasteiger partial charge < -0.3 is 20.3 Å². The number of rotatable bonds is 8. The first-order valence-electron chi connectivity index (χ1n) is 8.76. The van der Waals surface area contributed by atoms with Gasteiger partial charge in [0.2, 0.25) is 11.8 Å². The summed E-state index contributed by atoms with van der Waals surface area (Å²) in [5, 5.41) is 6.79. The molecule has 0 aliphatic heterocycles. The van der Waals surface area contributed by atoms with Gasteiger partial charge in [0, 0.05) is 24.4 Å². The second-order valence-corrected chi connectivity index (χ2v) is 6.06. The largest absolute Gasteiger partial charge is 0.481 e. The fourth-order valence-electron chi connectivity index (χ4n) is 2.75.